The van der Waals surface area contributed by atoms with Crippen LogP contribution in [0.2, 0.25) is 0 Å². The minimum Gasteiger partial charge on any atom is -0.377 e. The third-order valence-electron chi connectivity index (χ3n) is 2.71. The maximum atomic E-state index is 8.89. The van der Waals surface area contributed by atoms with Crippen molar-refractivity contribution in [2.24, 2.45) is 17.8 Å². The standard InChI is InChI=1S/C11H19NO/c1-8(2)6-9(3)11-10(7-12)4-5-13-11/h8-11H,4-6H2,1-3H3. The zero-order valence-corrected chi connectivity index (χ0v) is 8.79. The SMILES string of the molecule is CC(C)CC(C)C1OCCC1C#N. The lowest BCUT2D eigenvalue weighted by Gasteiger charge is -2.22. The summed E-state index contributed by atoms with van der Waals surface area (Å²) in [5.41, 5.74) is 0. The van der Waals surface area contributed by atoms with Crippen LogP contribution >= 0.6 is 0 Å². The second-order valence-electron chi connectivity index (χ2n) is 4.47. The number of nitriles is 1. The Labute approximate surface area is 80.9 Å². The van der Waals surface area contributed by atoms with E-state index in [1.807, 2.05) is 0 Å². The minimum atomic E-state index is 0.133. The molecule has 74 valence electrons. The fraction of sp³-hybridized carbons (Fsp3) is 0.909. The van der Waals surface area contributed by atoms with E-state index in [-0.39, 0.29) is 12.0 Å². The van der Waals surface area contributed by atoms with Crippen LogP contribution in [0.25, 0.3) is 0 Å². The molecule has 13 heavy (non-hydrogen) atoms. The second-order valence-corrected chi connectivity index (χ2v) is 4.47. The van der Waals surface area contributed by atoms with E-state index in [9.17, 15) is 0 Å². The van der Waals surface area contributed by atoms with E-state index >= 15 is 0 Å². The number of hydrogen-bond acceptors (Lipinski definition) is 2. The molecule has 1 heterocycles. The zero-order chi connectivity index (χ0) is 9.84. The maximum absolute atomic E-state index is 8.89. The van der Waals surface area contributed by atoms with Gasteiger partial charge >= 0.3 is 0 Å². The Bertz CT molecular complexity index is 195. The van der Waals surface area contributed by atoms with Crippen LogP contribution in [0.3, 0.4) is 0 Å². The monoisotopic (exact) mass is 181 g/mol. The highest BCUT2D eigenvalue weighted by Gasteiger charge is 2.32. The molecule has 0 aromatic rings. The summed E-state index contributed by atoms with van der Waals surface area (Å²) in [4.78, 5) is 0. The molecule has 1 rings (SSSR count). The van der Waals surface area contributed by atoms with Crippen LogP contribution in [0.4, 0.5) is 0 Å². The summed E-state index contributed by atoms with van der Waals surface area (Å²) in [6, 6.07) is 2.34. The largest absolute Gasteiger partial charge is 0.377 e. The van der Waals surface area contributed by atoms with Crippen molar-refractivity contribution >= 4 is 0 Å². The first-order valence-corrected chi connectivity index (χ1v) is 5.16. The third-order valence-corrected chi connectivity index (χ3v) is 2.71. The highest BCUT2D eigenvalue weighted by atomic mass is 16.5. The Kier molecular flexibility index (Phi) is 3.74. The Hall–Kier alpha value is -0.550. The van der Waals surface area contributed by atoms with Gasteiger partial charge in [0.25, 0.3) is 0 Å². The third kappa shape index (κ3) is 2.70. The minimum absolute atomic E-state index is 0.133. The summed E-state index contributed by atoms with van der Waals surface area (Å²) in [5, 5.41) is 8.89. The fourth-order valence-corrected chi connectivity index (χ4v) is 2.19. The van der Waals surface area contributed by atoms with E-state index < -0.39 is 0 Å². The van der Waals surface area contributed by atoms with Gasteiger partial charge in [-0.2, -0.15) is 5.26 Å². The topological polar surface area (TPSA) is 33.0 Å². The van der Waals surface area contributed by atoms with E-state index in [1.165, 1.54) is 0 Å². The first-order chi connectivity index (χ1) is 6.15. The molecule has 0 aliphatic carbocycles. The van der Waals surface area contributed by atoms with Crippen LogP contribution in [0, 0.1) is 29.1 Å². The molecule has 2 nitrogen and oxygen atoms in total. The van der Waals surface area contributed by atoms with Crippen LogP contribution in [0.5, 0.6) is 0 Å². The molecule has 0 saturated carbocycles. The Morgan fingerprint density at radius 1 is 1.46 bits per heavy atom. The van der Waals surface area contributed by atoms with Crippen molar-refractivity contribution in [2.45, 2.75) is 39.7 Å². The van der Waals surface area contributed by atoms with Crippen molar-refractivity contribution in [3.63, 3.8) is 0 Å². The number of nitrogens with zero attached hydrogens (tertiary/aromatic N) is 1. The molecular weight excluding hydrogens is 162 g/mol. The lowest BCUT2D eigenvalue weighted by Crippen LogP contribution is -2.24. The first kappa shape index (κ1) is 10.5. The van der Waals surface area contributed by atoms with Crippen LogP contribution in [-0.4, -0.2) is 12.7 Å². The average molecular weight is 181 g/mol. The Balaban J connectivity index is 2.46. The smallest absolute Gasteiger partial charge is 0.0759 e. The van der Waals surface area contributed by atoms with Crippen LogP contribution < -0.4 is 0 Å². The molecule has 1 saturated heterocycles. The summed E-state index contributed by atoms with van der Waals surface area (Å²) in [6.07, 6.45) is 2.26. The lowest BCUT2D eigenvalue weighted by molar-refractivity contribution is 0.0500. The molecule has 3 unspecified atom stereocenters. The summed E-state index contributed by atoms with van der Waals surface area (Å²) in [5.74, 6) is 1.35. The van der Waals surface area contributed by atoms with Gasteiger partial charge < -0.3 is 4.74 Å². The van der Waals surface area contributed by atoms with Crippen LogP contribution in [0.15, 0.2) is 0 Å². The highest BCUT2D eigenvalue weighted by Crippen LogP contribution is 2.29. The number of ether oxygens (including phenoxy) is 1. The van der Waals surface area contributed by atoms with Crippen LogP contribution in [0.1, 0.15) is 33.6 Å². The van der Waals surface area contributed by atoms with Gasteiger partial charge in [0.2, 0.25) is 0 Å². The molecule has 0 radical (unpaired) electrons. The summed E-state index contributed by atoms with van der Waals surface area (Å²) >= 11 is 0. The maximum Gasteiger partial charge on any atom is 0.0759 e. The van der Waals surface area contributed by atoms with Gasteiger partial charge in [-0.1, -0.05) is 20.8 Å². The van der Waals surface area contributed by atoms with Crippen molar-refractivity contribution in [1.82, 2.24) is 0 Å². The molecule has 0 amide bonds. The summed E-state index contributed by atoms with van der Waals surface area (Å²) in [6.45, 7) is 7.39. The van der Waals surface area contributed by atoms with E-state index in [0.29, 0.717) is 11.8 Å². The highest BCUT2D eigenvalue weighted by molar-refractivity contribution is 4.94. The quantitative estimate of drug-likeness (QED) is 0.670. The van der Waals surface area contributed by atoms with Gasteiger partial charge in [-0.3, -0.25) is 0 Å². The number of hydrogen-bond donors (Lipinski definition) is 0. The second kappa shape index (κ2) is 4.62. The van der Waals surface area contributed by atoms with E-state index in [4.69, 9.17) is 10.00 Å². The zero-order valence-electron chi connectivity index (χ0n) is 8.79. The molecule has 0 bridgehead atoms. The van der Waals surface area contributed by atoms with Gasteiger partial charge in [-0.05, 0) is 24.7 Å². The van der Waals surface area contributed by atoms with Crippen molar-refractivity contribution in [2.75, 3.05) is 6.61 Å². The summed E-state index contributed by atoms with van der Waals surface area (Å²) in [7, 11) is 0. The average Bonchev–Trinajstić information content (AvgIpc) is 2.49. The Morgan fingerprint density at radius 2 is 2.15 bits per heavy atom. The van der Waals surface area contributed by atoms with Crippen molar-refractivity contribution in [1.29, 1.82) is 5.26 Å². The predicted molar refractivity (Wildman–Crippen MR) is 52.1 cm³/mol. The van der Waals surface area contributed by atoms with Gasteiger partial charge in [-0.15, -0.1) is 0 Å². The lowest BCUT2D eigenvalue weighted by atomic mass is 9.87. The number of rotatable bonds is 3. The predicted octanol–water partition coefficient (Wildman–Crippen LogP) is 2.60. The molecule has 0 aromatic heterocycles. The van der Waals surface area contributed by atoms with Gasteiger partial charge in [0.15, 0.2) is 0 Å². The van der Waals surface area contributed by atoms with Gasteiger partial charge in [-0.25, -0.2) is 0 Å². The normalized spacial score (nSPS) is 30.4. The van der Waals surface area contributed by atoms with Crippen molar-refractivity contribution in [3.8, 4) is 6.07 Å². The summed E-state index contributed by atoms with van der Waals surface area (Å²) < 4.78 is 5.60. The molecule has 2 heteroatoms. The molecule has 1 aliphatic rings. The van der Waals surface area contributed by atoms with Gasteiger partial charge in [0.1, 0.15) is 0 Å². The molecule has 0 spiro atoms. The van der Waals surface area contributed by atoms with E-state index in [1.54, 1.807) is 0 Å². The van der Waals surface area contributed by atoms with Crippen LogP contribution in [-0.2, 0) is 4.74 Å². The Morgan fingerprint density at radius 3 is 2.69 bits per heavy atom. The molecule has 0 N–H and O–H groups in total. The molecule has 1 fully saturated rings. The molecule has 0 aromatic carbocycles. The van der Waals surface area contributed by atoms with Crippen molar-refractivity contribution in [3.05, 3.63) is 0 Å². The first-order valence-electron chi connectivity index (χ1n) is 5.16. The van der Waals surface area contributed by atoms with Crippen molar-refractivity contribution < 1.29 is 4.74 Å². The molecule has 1 aliphatic heterocycles. The van der Waals surface area contributed by atoms with E-state index in [2.05, 4.69) is 26.8 Å². The fourth-order valence-electron chi connectivity index (χ4n) is 2.19. The molecule has 3 atom stereocenters. The van der Waals surface area contributed by atoms with Gasteiger partial charge in [0.05, 0.1) is 18.1 Å². The molecular formula is C11H19NO. The van der Waals surface area contributed by atoms with E-state index in [0.717, 1.165) is 19.4 Å². The van der Waals surface area contributed by atoms with Gasteiger partial charge in [0, 0.05) is 6.61 Å².